The third-order valence-corrected chi connectivity index (χ3v) is 6.21. The summed E-state index contributed by atoms with van der Waals surface area (Å²) in [5.74, 6) is 0. The predicted molar refractivity (Wildman–Crippen MR) is 131 cm³/mol. The zero-order chi connectivity index (χ0) is 23.0. The van der Waals surface area contributed by atoms with Crippen molar-refractivity contribution in [1.29, 1.82) is 0 Å². The second-order valence-electron chi connectivity index (χ2n) is 10.6. The molecule has 5 aromatic rings. The van der Waals surface area contributed by atoms with E-state index >= 15 is 0 Å². The van der Waals surface area contributed by atoms with Crippen molar-refractivity contribution < 1.29 is 8.83 Å². The first-order valence-electron chi connectivity index (χ1n) is 10.9. The standard InChI is InChI=1S/C28H26O4/c1-27(2,3)15-8-10-18-21(13-15)31-20-12-11-19-24(29)17-9-7-16(28(4,5)6)14-22(17)32-26(19)23(20)25(18)30/h7-14H,1-6H3. The van der Waals surface area contributed by atoms with E-state index in [4.69, 9.17) is 8.83 Å². The lowest BCUT2D eigenvalue weighted by molar-refractivity contribution is 0.586. The molecule has 0 aliphatic heterocycles. The van der Waals surface area contributed by atoms with Crippen molar-refractivity contribution in [3.05, 3.63) is 80.1 Å². The molecule has 3 aromatic carbocycles. The maximum atomic E-state index is 13.5. The van der Waals surface area contributed by atoms with Crippen molar-refractivity contribution in [1.82, 2.24) is 0 Å². The predicted octanol–water partition coefficient (Wildman–Crippen LogP) is 6.80. The van der Waals surface area contributed by atoms with Crippen LogP contribution >= 0.6 is 0 Å². The van der Waals surface area contributed by atoms with E-state index in [0.717, 1.165) is 11.1 Å². The Morgan fingerprint density at radius 2 is 1.06 bits per heavy atom. The van der Waals surface area contributed by atoms with Gasteiger partial charge in [-0.15, -0.1) is 0 Å². The topological polar surface area (TPSA) is 60.4 Å². The molecule has 162 valence electrons. The van der Waals surface area contributed by atoms with Gasteiger partial charge in [-0.1, -0.05) is 53.7 Å². The Hall–Kier alpha value is -3.40. The number of benzene rings is 3. The second-order valence-corrected chi connectivity index (χ2v) is 10.6. The number of fused-ring (bicyclic) bond motifs is 5. The average Bonchev–Trinajstić information content (AvgIpc) is 2.71. The zero-order valence-corrected chi connectivity index (χ0v) is 19.3. The lowest BCUT2D eigenvalue weighted by Crippen LogP contribution is -2.12. The fourth-order valence-electron chi connectivity index (χ4n) is 4.18. The van der Waals surface area contributed by atoms with Crippen LogP contribution in [0.2, 0.25) is 0 Å². The van der Waals surface area contributed by atoms with Crippen molar-refractivity contribution in [2.45, 2.75) is 52.4 Å². The molecule has 32 heavy (non-hydrogen) atoms. The Balaban J connectivity index is 1.91. The highest BCUT2D eigenvalue weighted by Gasteiger charge is 2.20. The van der Waals surface area contributed by atoms with Gasteiger partial charge in [-0.25, -0.2) is 0 Å². The van der Waals surface area contributed by atoms with Crippen LogP contribution in [-0.4, -0.2) is 0 Å². The minimum absolute atomic E-state index is 0.0679. The lowest BCUT2D eigenvalue weighted by Gasteiger charge is -2.19. The third-order valence-electron chi connectivity index (χ3n) is 6.21. The summed E-state index contributed by atoms with van der Waals surface area (Å²) >= 11 is 0. The molecule has 2 aromatic heterocycles. The van der Waals surface area contributed by atoms with E-state index in [1.165, 1.54) is 0 Å². The molecule has 0 aliphatic carbocycles. The minimum Gasteiger partial charge on any atom is -0.456 e. The van der Waals surface area contributed by atoms with Crippen LogP contribution in [0.3, 0.4) is 0 Å². The van der Waals surface area contributed by atoms with E-state index in [1.807, 2.05) is 30.3 Å². The highest BCUT2D eigenvalue weighted by atomic mass is 16.3. The molecule has 0 amide bonds. The van der Waals surface area contributed by atoms with Crippen molar-refractivity contribution in [2.75, 3.05) is 0 Å². The maximum absolute atomic E-state index is 13.5. The van der Waals surface area contributed by atoms with E-state index in [1.54, 1.807) is 18.2 Å². The highest BCUT2D eigenvalue weighted by Crippen LogP contribution is 2.31. The molecule has 0 bridgehead atoms. The molecule has 0 saturated carbocycles. The van der Waals surface area contributed by atoms with Gasteiger partial charge in [0.05, 0.1) is 16.2 Å². The smallest absolute Gasteiger partial charge is 0.204 e. The summed E-state index contributed by atoms with van der Waals surface area (Å²) in [6, 6.07) is 14.7. The first-order chi connectivity index (χ1) is 14.9. The zero-order valence-electron chi connectivity index (χ0n) is 19.3. The fraction of sp³-hybridized carbons (Fsp3) is 0.286. The Labute approximate surface area is 185 Å². The Morgan fingerprint density at radius 3 is 1.62 bits per heavy atom. The van der Waals surface area contributed by atoms with Gasteiger partial charge >= 0.3 is 0 Å². The SMILES string of the molecule is CC(C)(C)c1ccc2c(=O)c3ccc4oc5cc(C(C)(C)C)ccc5c(=O)c4c3oc2c1. The van der Waals surface area contributed by atoms with Gasteiger partial charge in [0.2, 0.25) is 10.9 Å². The van der Waals surface area contributed by atoms with Crippen LogP contribution < -0.4 is 10.9 Å². The quantitative estimate of drug-likeness (QED) is 0.202. The second kappa shape index (κ2) is 6.55. The Kier molecular flexibility index (Phi) is 4.20. The van der Waals surface area contributed by atoms with Gasteiger partial charge in [0.1, 0.15) is 22.1 Å². The van der Waals surface area contributed by atoms with Crippen molar-refractivity contribution in [3.8, 4) is 0 Å². The van der Waals surface area contributed by atoms with Crippen LogP contribution in [0, 0.1) is 0 Å². The van der Waals surface area contributed by atoms with E-state index in [0.29, 0.717) is 38.3 Å². The molecule has 0 atom stereocenters. The number of hydrogen-bond acceptors (Lipinski definition) is 4. The molecule has 0 radical (unpaired) electrons. The van der Waals surface area contributed by atoms with Gasteiger partial charge in [0.15, 0.2) is 5.58 Å². The molecule has 0 fully saturated rings. The third kappa shape index (κ3) is 3.05. The molecule has 0 spiro atoms. The maximum Gasteiger partial charge on any atom is 0.204 e. The first kappa shape index (κ1) is 20.5. The molecular formula is C28H26O4. The van der Waals surface area contributed by atoms with Crippen LogP contribution in [0.1, 0.15) is 52.7 Å². The van der Waals surface area contributed by atoms with Gasteiger partial charge in [-0.2, -0.15) is 0 Å². The van der Waals surface area contributed by atoms with Crippen LogP contribution in [0.4, 0.5) is 0 Å². The molecule has 0 N–H and O–H groups in total. The molecular weight excluding hydrogens is 400 g/mol. The fourth-order valence-corrected chi connectivity index (χ4v) is 4.18. The Bertz CT molecular complexity index is 1670. The van der Waals surface area contributed by atoms with Gasteiger partial charge in [0.25, 0.3) is 0 Å². The van der Waals surface area contributed by atoms with Gasteiger partial charge in [-0.3, -0.25) is 9.59 Å². The van der Waals surface area contributed by atoms with Crippen LogP contribution in [-0.2, 0) is 10.8 Å². The van der Waals surface area contributed by atoms with E-state index in [2.05, 4.69) is 41.5 Å². The van der Waals surface area contributed by atoms with Gasteiger partial charge in [0, 0.05) is 0 Å². The molecule has 0 saturated heterocycles. The molecule has 2 heterocycles. The van der Waals surface area contributed by atoms with Crippen molar-refractivity contribution in [3.63, 3.8) is 0 Å². The number of hydrogen-bond donors (Lipinski definition) is 0. The summed E-state index contributed by atoms with van der Waals surface area (Å²) in [6.07, 6.45) is 0. The first-order valence-corrected chi connectivity index (χ1v) is 10.9. The summed E-state index contributed by atoms with van der Waals surface area (Å²) in [4.78, 5) is 26.7. The van der Waals surface area contributed by atoms with Gasteiger partial charge in [-0.05, 0) is 58.4 Å². The van der Waals surface area contributed by atoms with E-state index in [9.17, 15) is 9.59 Å². The molecule has 5 rings (SSSR count). The molecule has 4 nitrogen and oxygen atoms in total. The van der Waals surface area contributed by atoms with E-state index < -0.39 is 0 Å². The van der Waals surface area contributed by atoms with E-state index in [-0.39, 0.29) is 27.3 Å². The van der Waals surface area contributed by atoms with Crippen LogP contribution in [0.25, 0.3) is 43.9 Å². The lowest BCUT2D eigenvalue weighted by atomic mass is 9.86. The van der Waals surface area contributed by atoms with Crippen LogP contribution in [0.15, 0.2) is 67.0 Å². The monoisotopic (exact) mass is 426 g/mol. The Morgan fingerprint density at radius 1 is 0.562 bits per heavy atom. The highest BCUT2D eigenvalue weighted by molar-refractivity contribution is 6.07. The summed E-state index contributed by atoms with van der Waals surface area (Å²) in [7, 11) is 0. The summed E-state index contributed by atoms with van der Waals surface area (Å²) in [6.45, 7) is 12.7. The van der Waals surface area contributed by atoms with Crippen molar-refractivity contribution >= 4 is 43.9 Å². The van der Waals surface area contributed by atoms with Crippen molar-refractivity contribution in [2.24, 2.45) is 0 Å². The number of rotatable bonds is 0. The average molecular weight is 427 g/mol. The summed E-state index contributed by atoms with van der Waals surface area (Å²) in [5.41, 5.74) is 3.34. The van der Waals surface area contributed by atoms with Crippen LogP contribution in [0.5, 0.6) is 0 Å². The molecule has 0 unspecified atom stereocenters. The summed E-state index contributed by atoms with van der Waals surface area (Å²) in [5, 5.41) is 1.67. The normalized spacial score (nSPS) is 12.9. The minimum atomic E-state index is -0.193. The van der Waals surface area contributed by atoms with Gasteiger partial charge < -0.3 is 8.83 Å². The molecule has 0 aliphatic rings. The summed E-state index contributed by atoms with van der Waals surface area (Å²) < 4.78 is 12.4. The molecule has 4 heteroatoms. The largest absolute Gasteiger partial charge is 0.456 e.